The van der Waals surface area contributed by atoms with E-state index in [0.717, 1.165) is 45.1 Å². The van der Waals surface area contributed by atoms with Gasteiger partial charge in [0.05, 0.1) is 73.8 Å². The van der Waals surface area contributed by atoms with E-state index >= 15 is 0 Å². The number of nitrogens with zero attached hydrogens (tertiary/aromatic N) is 6. The Morgan fingerprint density at radius 2 is 1.79 bits per heavy atom. The average molecular weight is 579 g/mol. The van der Waals surface area contributed by atoms with Crippen molar-refractivity contribution >= 4 is 6.03 Å². The van der Waals surface area contributed by atoms with E-state index in [9.17, 15) is 28.0 Å². The normalized spacial score (nSPS) is 17.0. The van der Waals surface area contributed by atoms with Gasteiger partial charge < -0.3 is 9.80 Å². The highest BCUT2D eigenvalue weighted by molar-refractivity contribution is 5.83. The lowest BCUT2D eigenvalue weighted by atomic mass is 9.79. The second-order valence-electron chi connectivity index (χ2n) is 11.7. The first kappa shape index (κ1) is 28.9. The monoisotopic (exact) mass is 578 g/mol. The number of alkyl halides is 3. The number of hydrogen-bond acceptors (Lipinski definition) is 4. The molecule has 0 unspecified atom stereocenters. The van der Waals surface area contributed by atoms with Crippen LogP contribution in [0.25, 0.3) is 22.8 Å². The molecule has 9 nitrogen and oxygen atoms in total. The van der Waals surface area contributed by atoms with Crippen LogP contribution in [0, 0.1) is 24.2 Å². The molecule has 42 heavy (non-hydrogen) atoms. The van der Waals surface area contributed by atoms with Crippen molar-refractivity contribution in [3.8, 4) is 28.8 Å². The van der Waals surface area contributed by atoms with Gasteiger partial charge in [-0.15, -0.1) is 0 Å². The maximum Gasteiger partial charge on any atom is 0.416 e. The Morgan fingerprint density at radius 1 is 1.10 bits per heavy atom. The van der Waals surface area contributed by atoms with E-state index in [0.29, 0.717) is 22.9 Å². The largest absolute Gasteiger partial charge is 0.416 e. The van der Waals surface area contributed by atoms with Gasteiger partial charge in [-0.3, -0.25) is 4.57 Å². The zero-order valence-corrected chi connectivity index (χ0v) is 23.7. The van der Waals surface area contributed by atoms with Gasteiger partial charge in [0.2, 0.25) is 0 Å². The van der Waals surface area contributed by atoms with E-state index in [1.165, 1.54) is 23.0 Å². The van der Waals surface area contributed by atoms with Gasteiger partial charge in [0.1, 0.15) is 5.69 Å². The lowest BCUT2D eigenvalue weighted by Crippen LogP contribution is -2.52. The summed E-state index contributed by atoms with van der Waals surface area (Å²) in [6.45, 7) is 2.53. The van der Waals surface area contributed by atoms with E-state index in [1.54, 1.807) is 37.3 Å². The number of nitriles is 1. The van der Waals surface area contributed by atoms with E-state index in [2.05, 4.69) is 37.6 Å². The molecule has 0 atom stereocenters. The smallest absolute Gasteiger partial charge is 0.335 e. The molecule has 4 aromatic rings. The van der Waals surface area contributed by atoms with Crippen molar-refractivity contribution in [2.45, 2.75) is 32.0 Å². The summed E-state index contributed by atoms with van der Waals surface area (Å²) >= 11 is 0. The number of carbonyl (C=O) groups is 1. The lowest BCUT2D eigenvalue weighted by molar-refractivity contribution is -0.874. The number of aromatic nitrogens is 4. The first-order valence-electron chi connectivity index (χ1n) is 13.4. The van der Waals surface area contributed by atoms with Crippen LogP contribution in [0.3, 0.4) is 0 Å². The van der Waals surface area contributed by atoms with Crippen molar-refractivity contribution < 1.29 is 22.4 Å². The molecule has 12 heteroatoms. The van der Waals surface area contributed by atoms with Gasteiger partial charge in [-0.2, -0.15) is 23.5 Å². The maximum atomic E-state index is 13.9. The summed E-state index contributed by atoms with van der Waals surface area (Å²) < 4.78 is 45.0. The van der Waals surface area contributed by atoms with Gasteiger partial charge in [-0.05, 0) is 68.3 Å². The molecule has 218 valence electrons. The van der Waals surface area contributed by atoms with Gasteiger partial charge in [0.25, 0.3) is 0 Å². The van der Waals surface area contributed by atoms with Crippen LogP contribution in [0.15, 0.2) is 65.6 Å². The summed E-state index contributed by atoms with van der Waals surface area (Å²) in [6, 6.07) is 13.9. The Morgan fingerprint density at radius 3 is 2.40 bits per heavy atom. The predicted molar refractivity (Wildman–Crippen MR) is 150 cm³/mol. The standard InChI is InChI=1S/C30H30F3N7O2/c1-19-27(26-12-13-35-39(26)24-10-8-20(17-34)9-11-24)38(28(41)36-23-14-21(15-23)18-40(2,3)4)29(42)37(19)25-7-5-6-22(16-25)30(31,32)33/h5-13,16,21,23H,14-15,18H2,1-4H3/p+1/t21-,23+. The highest BCUT2D eigenvalue weighted by Crippen LogP contribution is 2.33. The number of imidazole rings is 1. The number of quaternary nitrogens is 1. The third-order valence-corrected chi connectivity index (χ3v) is 7.41. The topological polar surface area (TPSA) is 97.6 Å². The van der Waals surface area contributed by atoms with Crippen molar-refractivity contribution in [2.75, 3.05) is 27.7 Å². The summed E-state index contributed by atoms with van der Waals surface area (Å²) in [5.41, 5.74) is 0.129. The molecular formula is C30H31F3N7O2+. The molecule has 2 heterocycles. The van der Waals surface area contributed by atoms with Crippen LogP contribution < -0.4 is 11.0 Å². The Labute approximate surface area is 240 Å². The van der Waals surface area contributed by atoms with Crippen LogP contribution in [0.2, 0.25) is 0 Å². The van der Waals surface area contributed by atoms with Gasteiger partial charge >= 0.3 is 17.9 Å². The molecule has 1 saturated carbocycles. The molecule has 5 rings (SSSR count). The lowest BCUT2D eigenvalue weighted by Gasteiger charge is -2.39. The number of benzene rings is 2. The second-order valence-corrected chi connectivity index (χ2v) is 11.7. The van der Waals surface area contributed by atoms with Crippen LogP contribution in [-0.2, 0) is 6.18 Å². The fourth-order valence-corrected chi connectivity index (χ4v) is 5.60. The molecule has 0 saturated heterocycles. The van der Waals surface area contributed by atoms with Crippen LogP contribution in [0.1, 0.15) is 29.7 Å². The molecule has 0 aliphatic heterocycles. The summed E-state index contributed by atoms with van der Waals surface area (Å²) in [6.07, 6.45) is -1.58. The minimum atomic E-state index is -4.61. The molecule has 0 bridgehead atoms. The second kappa shape index (κ2) is 10.6. The fraction of sp³-hybridized carbons (Fsp3) is 0.333. The first-order valence-corrected chi connectivity index (χ1v) is 13.4. The minimum Gasteiger partial charge on any atom is -0.335 e. The number of hydrogen-bond donors (Lipinski definition) is 1. The van der Waals surface area contributed by atoms with Crippen molar-refractivity contribution in [1.82, 2.24) is 24.2 Å². The van der Waals surface area contributed by atoms with E-state index in [1.807, 2.05) is 0 Å². The summed E-state index contributed by atoms with van der Waals surface area (Å²) in [5, 5.41) is 16.5. The first-order chi connectivity index (χ1) is 19.8. The highest BCUT2D eigenvalue weighted by atomic mass is 19.4. The van der Waals surface area contributed by atoms with Crippen molar-refractivity contribution in [2.24, 2.45) is 5.92 Å². The molecule has 1 aliphatic rings. The fourth-order valence-electron chi connectivity index (χ4n) is 5.60. The zero-order chi connectivity index (χ0) is 30.4. The van der Waals surface area contributed by atoms with Gasteiger partial charge in [0.15, 0.2) is 0 Å². The molecule has 2 aromatic heterocycles. The number of nitrogens with one attached hydrogen (secondary N) is 1. The molecule has 1 fully saturated rings. The van der Waals surface area contributed by atoms with E-state index in [4.69, 9.17) is 0 Å². The number of halogens is 3. The van der Waals surface area contributed by atoms with E-state index < -0.39 is 23.5 Å². The molecule has 1 aliphatic carbocycles. The molecule has 1 amide bonds. The molecule has 2 aromatic carbocycles. The van der Waals surface area contributed by atoms with Crippen LogP contribution in [0.4, 0.5) is 18.0 Å². The van der Waals surface area contributed by atoms with Crippen molar-refractivity contribution in [1.29, 1.82) is 5.26 Å². The van der Waals surface area contributed by atoms with Crippen LogP contribution >= 0.6 is 0 Å². The third kappa shape index (κ3) is 5.60. The molecule has 1 N–H and O–H groups in total. The Balaban J connectivity index is 1.60. The van der Waals surface area contributed by atoms with Crippen LogP contribution in [-0.4, -0.2) is 63.2 Å². The number of rotatable bonds is 6. The third-order valence-electron chi connectivity index (χ3n) is 7.41. The maximum absolute atomic E-state index is 13.9. The van der Waals surface area contributed by atoms with Crippen molar-refractivity contribution in [3.63, 3.8) is 0 Å². The average Bonchev–Trinajstić information content (AvgIpc) is 3.48. The minimum absolute atomic E-state index is 0.0174. The van der Waals surface area contributed by atoms with Gasteiger partial charge in [-0.1, -0.05) is 6.07 Å². The van der Waals surface area contributed by atoms with Gasteiger partial charge in [0, 0.05) is 12.0 Å². The SMILES string of the molecule is Cc1c(-c2ccnn2-c2ccc(C#N)cc2)n(C(=O)N[C@H]2C[C@@H](C[N+](C)(C)C)C2)c(=O)n1-c1cccc(C(F)(F)F)c1. The Bertz CT molecular complexity index is 1730. The number of carbonyl (C=O) groups excluding carboxylic acids is 1. The van der Waals surface area contributed by atoms with Crippen molar-refractivity contribution in [3.05, 3.63) is 88.1 Å². The quantitative estimate of drug-likeness (QED) is 0.335. The molecular weight excluding hydrogens is 547 g/mol. The number of amides is 1. The van der Waals surface area contributed by atoms with E-state index in [-0.39, 0.29) is 23.1 Å². The molecule has 0 spiro atoms. The Kier molecular flexibility index (Phi) is 7.32. The molecule has 0 radical (unpaired) electrons. The summed E-state index contributed by atoms with van der Waals surface area (Å²) in [7, 11) is 6.32. The highest BCUT2D eigenvalue weighted by Gasteiger charge is 2.36. The summed E-state index contributed by atoms with van der Waals surface area (Å²) in [5.74, 6) is 0.431. The Hall–Kier alpha value is -4.63. The summed E-state index contributed by atoms with van der Waals surface area (Å²) in [4.78, 5) is 27.6. The van der Waals surface area contributed by atoms with Gasteiger partial charge in [-0.25, -0.2) is 18.8 Å². The van der Waals surface area contributed by atoms with Crippen LogP contribution in [0.5, 0.6) is 0 Å². The zero-order valence-electron chi connectivity index (χ0n) is 23.7. The predicted octanol–water partition coefficient (Wildman–Crippen LogP) is 4.73.